The van der Waals surface area contributed by atoms with E-state index in [0.29, 0.717) is 21.8 Å². The van der Waals surface area contributed by atoms with Gasteiger partial charge in [0.05, 0.1) is 12.7 Å². The Morgan fingerprint density at radius 3 is 2.83 bits per heavy atom. The minimum atomic E-state index is -0.585. The van der Waals surface area contributed by atoms with Crippen molar-refractivity contribution >= 4 is 33.9 Å². The fourth-order valence-corrected chi connectivity index (χ4v) is 2.95. The normalized spacial score (nSPS) is 10.6. The van der Waals surface area contributed by atoms with Crippen LogP contribution in [0.4, 0.5) is 5.69 Å². The maximum absolute atomic E-state index is 12.4. The lowest BCUT2D eigenvalue weighted by molar-refractivity contribution is 0.0599. The third kappa shape index (κ3) is 2.67. The van der Waals surface area contributed by atoms with Crippen LogP contribution in [0.1, 0.15) is 26.3 Å². The van der Waals surface area contributed by atoms with Crippen molar-refractivity contribution in [3.8, 4) is 0 Å². The van der Waals surface area contributed by atoms with E-state index >= 15 is 0 Å². The number of hydrogen-bond donors (Lipinski definition) is 1. The number of aromatic nitrogens is 2. The second kappa shape index (κ2) is 6.25. The molecule has 0 fully saturated rings. The number of ether oxygens (including phenoxy) is 1. The highest BCUT2D eigenvalue weighted by molar-refractivity contribution is 7.15. The zero-order valence-corrected chi connectivity index (χ0v) is 13.7. The van der Waals surface area contributed by atoms with Gasteiger partial charge in [-0.2, -0.15) is 0 Å². The summed E-state index contributed by atoms with van der Waals surface area (Å²) in [6.07, 6.45) is 2.82. The first-order valence-corrected chi connectivity index (χ1v) is 7.85. The Kier molecular flexibility index (Phi) is 4.13. The second-order valence-electron chi connectivity index (χ2n) is 4.96. The van der Waals surface area contributed by atoms with Crippen LogP contribution in [0.2, 0.25) is 0 Å². The quantitative estimate of drug-likeness (QED) is 0.736. The number of nitrogens with zero attached hydrogens (tertiary/aromatic N) is 2. The molecule has 1 N–H and O–H groups in total. The van der Waals surface area contributed by atoms with E-state index in [4.69, 9.17) is 4.74 Å². The van der Waals surface area contributed by atoms with Gasteiger partial charge < -0.3 is 10.1 Å². The minimum absolute atomic E-state index is 0.0752. The van der Waals surface area contributed by atoms with Crippen LogP contribution < -0.4 is 10.9 Å². The number of carbonyl (C=O) groups is 2. The summed E-state index contributed by atoms with van der Waals surface area (Å²) < 4.78 is 6.02. The van der Waals surface area contributed by atoms with Gasteiger partial charge in [-0.05, 0) is 24.6 Å². The number of benzene rings is 1. The molecule has 0 saturated heterocycles. The molecular weight excluding hydrogens is 330 g/mol. The van der Waals surface area contributed by atoms with Gasteiger partial charge in [0.1, 0.15) is 5.56 Å². The molecule has 8 heteroatoms. The van der Waals surface area contributed by atoms with Gasteiger partial charge in [-0.1, -0.05) is 6.07 Å². The van der Waals surface area contributed by atoms with Crippen LogP contribution >= 0.6 is 11.3 Å². The zero-order valence-electron chi connectivity index (χ0n) is 12.9. The standard InChI is InChI=1S/C16H13N3O4S/c1-9-10(15(22)23-2)4-3-5-12(9)18-13(20)11-8-17-16-19(14(11)21)6-7-24-16/h3-8H,1-2H3,(H,18,20). The van der Waals surface area contributed by atoms with E-state index < -0.39 is 17.4 Å². The van der Waals surface area contributed by atoms with Gasteiger partial charge in [0, 0.05) is 23.5 Å². The maximum atomic E-state index is 12.4. The molecule has 1 aromatic carbocycles. The maximum Gasteiger partial charge on any atom is 0.338 e. The Balaban J connectivity index is 1.96. The number of carbonyl (C=O) groups excluding carboxylic acids is 2. The summed E-state index contributed by atoms with van der Waals surface area (Å²) in [5.74, 6) is -1.08. The topological polar surface area (TPSA) is 89.8 Å². The molecule has 24 heavy (non-hydrogen) atoms. The van der Waals surface area contributed by atoms with Crippen molar-refractivity contribution < 1.29 is 14.3 Å². The van der Waals surface area contributed by atoms with Gasteiger partial charge in [-0.15, -0.1) is 11.3 Å². The smallest absolute Gasteiger partial charge is 0.338 e. The highest BCUT2D eigenvalue weighted by atomic mass is 32.1. The summed E-state index contributed by atoms with van der Waals surface area (Å²) in [6, 6.07) is 4.88. The molecular formula is C16H13N3O4S. The molecule has 0 aliphatic heterocycles. The van der Waals surface area contributed by atoms with Crippen molar-refractivity contribution in [2.24, 2.45) is 0 Å². The van der Waals surface area contributed by atoms with Crippen LogP contribution in [0, 0.1) is 6.92 Å². The van der Waals surface area contributed by atoms with Crippen LogP contribution in [0.25, 0.3) is 4.96 Å². The summed E-state index contributed by atoms with van der Waals surface area (Å²) in [5, 5.41) is 4.36. The number of rotatable bonds is 3. The number of nitrogens with one attached hydrogen (secondary N) is 1. The highest BCUT2D eigenvalue weighted by Gasteiger charge is 2.17. The zero-order chi connectivity index (χ0) is 17.3. The molecule has 0 aliphatic rings. The molecule has 0 unspecified atom stereocenters. The van der Waals surface area contributed by atoms with Crippen molar-refractivity contribution in [3.05, 3.63) is 63.0 Å². The molecule has 1 amide bonds. The number of anilines is 1. The summed E-state index contributed by atoms with van der Waals surface area (Å²) in [4.78, 5) is 41.1. The molecule has 0 bridgehead atoms. The number of fused-ring (bicyclic) bond motifs is 1. The Hall–Kier alpha value is -3.00. The van der Waals surface area contributed by atoms with Gasteiger partial charge in [0.25, 0.3) is 11.5 Å². The second-order valence-corrected chi connectivity index (χ2v) is 5.83. The predicted octanol–water partition coefficient (Wildman–Crippen LogP) is 2.10. The monoisotopic (exact) mass is 343 g/mol. The van der Waals surface area contributed by atoms with Crippen molar-refractivity contribution in [3.63, 3.8) is 0 Å². The fourth-order valence-electron chi connectivity index (χ4n) is 2.27. The van der Waals surface area contributed by atoms with E-state index in [2.05, 4.69) is 10.3 Å². The van der Waals surface area contributed by atoms with E-state index in [0.717, 1.165) is 0 Å². The first kappa shape index (κ1) is 15.9. The van der Waals surface area contributed by atoms with Gasteiger partial charge in [-0.3, -0.25) is 14.0 Å². The lowest BCUT2D eigenvalue weighted by Crippen LogP contribution is -2.26. The van der Waals surface area contributed by atoms with Crippen LogP contribution in [0.5, 0.6) is 0 Å². The molecule has 0 radical (unpaired) electrons. The van der Waals surface area contributed by atoms with Gasteiger partial charge in [0.2, 0.25) is 0 Å². The van der Waals surface area contributed by atoms with Crippen molar-refractivity contribution in [2.75, 3.05) is 12.4 Å². The summed E-state index contributed by atoms with van der Waals surface area (Å²) in [6.45, 7) is 1.69. The molecule has 0 aliphatic carbocycles. The van der Waals surface area contributed by atoms with Crippen molar-refractivity contribution in [2.45, 2.75) is 6.92 Å². The van der Waals surface area contributed by atoms with Crippen LogP contribution in [-0.2, 0) is 4.74 Å². The fraction of sp³-hybridized carbons (Fsp3) is 0.125. The Morgan fingerprint density at radius 2 is 2.08 bits per heavy atom. The lowest BCUT2D eigenvalue weighted by atomic mass is 10.1. The van der Waals surface area contributed by atoms with Gasteiger partial charge in [-0.25, -0.2) is 9.78 Å². The number of methoxy groups -OCH3 is 1. The SMILES string of the molecule is COC(=O)c1cccc(NC(=O)c2cnc3sccn3c2=O)c1C. The van der Waals surface area contributed by atoms with E-state index in [1.807, 2.05) is 0 Å². The van der Waals surface area contributed by atoms with Crippen LogP contribution in [0.15, 0.2) is 40.8 Å². The number of amides is 1. The van der Waals surface area contributed by atoms with Gasteiger partial charge in [0.15, 0.2) is 4.96 Å². The number of thiazole rings is 1. The molecule has 3 aromatic rings. The highest BCUT2D eigenvalue weighted by Crippen LogP contribution is 2.20. The summed E-state index contributed by atoms with van der Waals surface area (Å²) in [7, 11) is 1.29. The first-order valence-electron chi connectivity index (χ1n) is 6.97. The molecule has 122 valence electrons. The summed E-state index contributed by atoms with van der Waals surface area (Å²) in [5.41, 5.74) is 0.813. The van der Waals surface area contributed by atoms with Crippen LogP contribution in [0.3, 0.4) is 0 Å². The van der Waals surface area contributed by atoms with Crippen LogP contribution in [-0.4, -0.2) is 28.4 Å². The molecule has 7 nitrogen and oxygen atoms in total. The van der Waals surface area contributed by atoms with E-state index in [1.165, 1.54) is 29.0 Å². The van der Waals surface area contributed by atoms with E-state index in [9.17, 15) is 14.4 Å². The average Bonchev–Trinajstić information content (AvgIpc) is 3.06. The average molecular weight is 343 g/mol. The largest absolute Gasteiger partial charge is 0.465 e. The molecule has 0 spiro atoms. The lowest BCUT2D eigenvalue weighted by Gasteiger charge is -2.11. The Morgan fingerprint density at radius 1 is 1.29 bits per heavy atom. The van der Waals surface area contributed by atoms with E-state index in [1.54, 1.807) is 36.7 Å². The third-order valence-electron chi connectivity index (χ3n) is 3.57. The molecule has 0 saturated carbocycles. The van der Waals surface area contributed by atoms with E-state index in [-0.39, 0.29) is 5.56 Å². The molecule has 2 aromatic heterocycles. The predicted molar refractivity (Wildman–Crippen MR) is 89.8 cm³/mol. The minimum Gasteiger partial charge on any atom is -0.465 e. The molecule has 0 atom stereocenters. The Bertz CT molecular complexity index is 1010. The summed E-state index contributed by atoms with van der Waals surface area (Å²) >= 11 is 1.30. The van der Waals surface area contributed by atoms with Gasteiger partial charge >= 0.3 is 5.97 Å². The molecule has 2 heterocycles. The van der Waals surface area contributed by atoms with Crippen molar-refractivity contribution in [1.82, 2.24) is 9.38 Å². The Labute approximate surface area is 140 Å². The number of hydrogen-bond acceptors (Lipinski definition) is 6. The third-order valence-corrected chi connectivity index (χ3v) is 4.35. The first-order chi connectivity index (χ1) is 11.5. The molecule has 3 rings (SSSR count). The van der Waals surface area contributed by atoms with Crippen molar-refractivity contribution in [1.29, 1.82) is 0 Å². The number of esters is 1.